The second kappa shape index (κ2) is 5.31. The van der Waals surface area contributed by atoms with E-state index in [0.29, 0.717) is 5.92 Å². The first kappa shape index (κ1) is 15.8. The van der Waals surface area contributed by atoms with Crippen LogP contribution in [-0.4, -0.2) is 32.1 Å². The number of carbonyl (C=O) groups is 1. The third kappa shape index (κ3) is 3.36. The van der Waals surface area contributed by atoms with Crippen LogP contribution in [0.4, 0.5) is 0 Å². The van der Waals surface area contributed by atoms with Gasteiger partial charge in [0.15, 0.2) is 0 Å². The average molecular weight is 313 g/mol. The Morgan fingerprint density at radius 1 is 1.38 bits per heavy atom. The Balaban J connectivity index is 2.42. The van der Waals surface area contributed by atoms with Gasteiger partial charge in [-0.25, -0.2) is 17.9 Å². The Labute approximate surface area is 124 Å². The maximum Gasteiger partial charge on any atom is 0.335 e. The fraction of sp³-hybridized carbons (Fsp3) is 0.500. The summed E-state index contributed by atoms with van der Waals surface area (Å²) in [5.74, 6) is -0.754. The predicted octanol–water partition coefficient (Wildman–Crippen LogP) is 1.86. The van der Waals surface area contributed by atoms with Crippen molar-refractivity contribution in [1.82, 2.24) is 4.72 Å². The van der Waals surface area contributed by atoms with Crippen molar-refractivity contribution < 1.29 is 23.1 Å². The van der Waals surface area contributed by atoms with Crippen molar-refractivity contribution in [2.75, 3.05) is 7.11 Å². The van der Waals surface area contributed by atoms with E-state index in [2.05, 4.69) is 4.72 Å². The second-order valence-electron chi connectivity index (χ2n) is 5.77. The van der Waals surface area contributed by atoms with Gasteiger partial charge in [-0.2, -0.15) is 0 Å². The van der Waals surface area contributed by atoms with Gasteiger partial charge in [0.1, 0.15) is 10.6 Å². The summed E-state index contributed by atoms with van der Waals surface area (Å²) < 4.78 is 32.8. The fourth-order valence-electron chi connectivity index (χ4n) is 2.31. The molecule has 0 radical (unpaired) electrons. The van der Waals surface area contributed by atoms with Gasteiger partial charge in [-0.3, -0.25) is 0 Å². The highest BCUT2D eigenvalue weighted by atomic mass is 32.2. The third-order valence-corrected chi connectivity index (χ3v) is 5.39. The molecule has 0 saturated heterocycles. The molecular formula is C14H19NO5S. The number of methoxy groups -OCH3 is 1. The molecule has 0 atom stereocenters. The van der Waals surface area contributed by atoms with Gasteiger partial charge in [0.05, 0.1) is 12.7 Å². The van der Waals surface area contributed by atoms with Crippen molar-refractivity contribution in [2.45, 2.75) is 37.1 Å². The minimum atomic E-state index is -3.86. The molecular weight excluding hydrogens is 294 g/mol. The zero-order chi connectivity index (χ0) is 15.8. The summed E-state index contributed by atoms with van der Waals surface area (Å²) >= 11 is 0. The standard InChI is InChI=1S/C14H19NO5S/c1-14(2,10-5-6-10)15-21(18,19)12-8-9(13(16)17)4-7-11(12)20-3/h4,7-8,10,15H,5-6H2,1-3H3,(H,16,17). The van der Waals surface area contributed by atoms with Crippen molar-refractivity contribution in [2.24, 2.45) is 5.92 Å². The summed E-state index contributed by atoms with van der Waals surface area (Å²) in [6, 6.07) is 3.78. The minimum Gasteiger partial charge on any atom is -0.495 e. The van der Waals surface area contributed by atoms with E-state index < -0.39 is 21.5 Å². The molecule has 1 fully saturated rings. The van der Waals surface area contributed by atoms with Gasteiger partial charge >= 0.3 is 5.97 Å². The Bertz CT molecular complexity index is 662. The van der Waals surface area contributed by atoms with Gasteiger partial charge < -0.3 is 9.84 Å². The number of carboxylic acids is 1. The van der Waals surface area contributed by atoms with E-state index in [0.717, 1.165) is 18.9 Å². The van der Waals surface area contributed by atoms with Crippen LogP contribution in [-0.2, 0) is 10.0 Å². The molecule has 1 saturated carbocycles. The van der Waals surface area contributed by atoms with Crippen LogP contribution in [0.1, 0.15) is 37.0 Å². The normalized spacial score (nSPS) is 15.8. The van der Waals surface area contributed by atoms with Crippen LogP contribution in [0.15, 0.2) is 23.1 Å². The number of carboxylic acid groups (broad SMARTS) is 1. The molecule has 0 unspecified atom stereocenters. The summed E-state index contributed by atoms with van der Waals surface area (Å²) in [6.45, 7) is 3.66. The Morgan fingerprint density at radius 2 is 2.00 bits per heavy atom. The number of hydrogen-bond acceptors (Lipinski definition) is 4. The van der Waals surface area contributed by atoms with E-state index >= 15 is 0 Å². The summed E-state index contributed by atoms with van der Waals surface area (Å²) in [5, 5.41) is 9.01. The molecule has 0 spiro atoms. The third-order valence-electron chi connectivity index (χ3n) is 3.70. The SMILES string of the molecule is COc1ccc(C(=O)O)cc1S(=O)(=O)NC(C)(C)C1CC1. The van der Waals surface area contributed by atoms with Gasteiger partial charge in [-0.1, -0.05) is 0 Å². The van der Waals surface area contributed by atoms with Crippen LogP contribution in [0.3, 0.4) is 0 Å². The van der Waals surface area contributed by atoms with Crippen LogP contribution in [0, 0.1) is 5.92 Å². The lowest BCUT2D eigenvalue weighted by atomic mass is 10.0. The van der Waals surface area contributed by atoms with Crippen LogP contribution >= 0.6 is 0 Å². The molecule has 0 heterocycles. The van der Waals surface area contributed by atoms with Gasteiger partial charge in [-0.05, 0) is 50.8 Å². The highest BCUT2D eigenvalue weighted by Crippen LogP contribution is 2.40. The minimum absolute atomic E-state index is 0.0968. The molecule has 1 aromatic carbocycles. The highest BCUT2D eigenvalue weighted by Gasteiger charge is 2.41. The average Bonchev–Trinajstić information content (AvgIpc) is 3.21. The first-order valence-corrected chi connectivity index (χ1v) is 8.11. The molecule has 2 rings (SSSR count). The number of rotatable bonds is 6. The molecule has 0 aromatic heterocycles. The molecule has 0 amide bonds. The second-order valence-corrected chi connectivity index (χ2v) is 7.42. The summed E-state index contributed by atoms with van der Waals surface area (Å²) in [6.07, 6.45) is 1.98. The van der Waals surface area contributed by atoms with Crippen molar-refractivity contribution in [3.05, 3.63) is 23.8 Å². The molecule has 0 bridgehead atoms. The lowest BCUT2D eigenvalue weighted by molar-refractivity contribution is 0.0696. The number of aromatic carboxylic acids is 1. The summed E-state index contributed by atoms with van der Waals surface area (Å²) in [4.78, 5) is 10.9. The number of hydrogen-bond donors (Lipinski definition) is 2. The Morgan fingerprint density at radius 3 is 2.48 bits per heavy atom. The monoisotopic (exact) mass is 313 g/mol. The van der Waals surface area contributed by atoms with E-state index in [-0.39, 0.29) is 16.2 Å². The molecule has 7 heteroatoms. The van der Waals surface area contributed by atoms with E-state index in [4.69, 9.17) is 9.84 Å². The number of sulfonamides is 1. The molecule has 116 valence electrons. The first-order valence-electron chi connectivity index (χ1n) is 6.62. The van der Waals surface area contributed by atoms with Crippen LogP contribution in [0.5, 0.6) is 5.75 Å². The largest absolute Gasteiger partial charge is 0.495 e. The van der Waals surface area contributed by atoms with E-state index in [1.807, 2.05) is 13.8 Å². The molecule has 0 aliphatic heterocycles. The molecule has 21 heavy (non-hydrogen) atoms. The van der Waals surface area contributed by atoms with E-state index in [1.165, 1.54) is 19.2 Å². The van der Waals surface area contributed by atoms with Crippen molar-refractivity contribution in [1.29, 1.82) is 0 Å². The lowest BCUT2D eigenvalue weighted by Gasteiger charge is -2.26. The lowest BCUT2D eigenvalue weighted by Crippen LogP contribution is -2.45. The molecule has 2 N–H and O–H groups in total. The smallest absolute Gasteiger partial charge is 0.335 e. The first-order chi connectivity index (χ1) is 9.67. The van der Waals surface area contributed by atoms with E-state index in [9.17, 15) is 13.2 Å². The zero-order valence-electron chi connectivity index (χ0n) is 12.2. The molecule has 1 aliphatic carbocycles. The van der Waals surface area contributed by atoms with Crippen LogP contribution in [0.25, 0.3) is 0 Å². The van der Waals surface area contributed by atoms with Crippen molar-refractivity contribution in [3.8, 4) is 5.75 Å². The highest BCUT2D eigenvalue weighted by molar-refractivity contribution is 7.89. The molecule has 1 aromatic rings. The number of nitrogens with one attached hydrogen (secondary N) is 1. The maximum absolute atomic E-state index is 12.6. The molecule has 1 aliphatic rings. The summed E-state index contributed by atoms with van der Waals surface area (Å²) in [5.41, 5.74) is -0.663. The fourth-order valence-corrected chi connectivity index (χ4v) is 3.98. The van der Waals surface area contributed by atoms with Crippen LogP contribution in [0.2, 0.25) is 0 Å². The molecule has 6 nitrogen and oxygen atoms in total. The quantitative estimate of drug-likeness (QED) is 0.836. The van der Waals surface area contributed by atoms with Gasteiger partial charge in [0.2, 0.25) is 10.0 Å². The topological polar surface area (TPSA) is 92.7 Å². The summed E-state index contributed by atoms with van der Waals surface area (Å²) in [7, 11) is -2.51. The van der Waals surface area contributed by atoms with Gasteiger partial charge in [0, 0.05) is 5.54 Å². The zero-order valence-corrected chi connectivity index (χ0v) is 13.0. The van der Waals surface area contributed by atoms with Crippen LogP contribution < -0.4 is 9.46 Å². The predicted molar refractivity (Wildman–Crippen MR) is 77.1 cm³/mol. The maximum atomic E-state index is 12.6. The Hall–Kier alpha value is -1.60. The van der Waals surface area contributed by atoms with Crippen molar-refractivity contribution >= 4 is 16.0 Å². The van der Waals surface area contributed by atoms with Gasteiger partial charge in [-0.15, -0.1) is 0 Å². The van der Waals surface area contributed by atoms with Crippen molar-refractivity contribution in [3.63, 3.8) is 0 Å². The number of benzene rings is 1. The number of ether oxygens (including phenoxy) is 1. The van der Waals surface area contributed by atoms with E-state index in [1.54, 1.807) is 0 Å². The van der Waals surface area contributed by atoms with Gasteiger partial charge in [0.25, 0.3) is 0 Å². The Kier molecular flexibility index (Phi) is 3.99.